The highest BCUT2D eigenvalue weighted by Crippen LogP contribution is 2.29. The van der Waals surface area contributed by atoms with Crippen LogP contribution in [0.15, 0.2) is 24.3 Å². The van der Waals surface area contributed by atoms with Crippen molar-refractivity contribution in [1.29, 1.82) is 0 Å². The van der Waals surface area contributed by atoms with Gasteiger partial charge in [-0.05, 0) is 17.5 Å². The molecule has 2 bridgehead atoms. The molecule has 2 aliphatic heterocycles. The number of hydrogen-bond acceptors (Lipinski definition) is 3. The molecule has 1 unspecified atom stereocenters. The maximum atomic E-state index is 12.1. The van der Waals surface area contributed by atoms with Crippen LogP contribution in [0.1, 0.15) is 17.2 Å². The average Bonchev–Trinajstić information content (AvgIpc) is 2.58. The minimum Gasteiger partial charge on any atom is -0.361 e. The molecule has 5 heteroatoms. The Hall–Kier alpha value is -1.10. The van der Waals surface area contributed by atoms with Crippen LogP contribution in [0.2, 0.25) is 0 Å². The second kappa shape index (κ2) is 5.04. The van der Waals surface area contributed by atoms with E-state index in [1.165, 1.54) is 10.6 Å². The molecule has 1 aromatic carbocycles. The molecule has 3 rings (SSSR count). The molecule has 0 radical (unpaired) electrons. The van der Waals surface area contributed by atoms with Gasteiger partial charge >= 0.3 is 0 Å². The van der Waals surface area contributed by atoms with Gasteiger partial charge in [0, 0.05) is 0 Å². The lowest BCUT2D eigenvalue weighted by atomic mass is 10.0. The Morgan fingerprint density at radius 2 is 2.06 bits per heavy atom. The Labute approximate surface area is 106 Å². The van der Waals surface area contributed by atoms with Crippen molar-refractivity contribution in [1.82, 2.24) is 5.06 Å². The number of fused-ring (bicyclic) bond motifs is 4. The van der Waals surface area contributed by atoms with Gasteiger partial charge in [-0.15, -0.1) is 12.4 Å². The predicted molar refractivity (Wildman–Crippen MR) is 63.8 cm³/mol. The largest absolute Gasteiger partial charge is 0.361 e. The highest BCUT2D eigenvalue weighted by atomic mass is 35.5. The van der Waals surface area contributed by atoms with Crippen molar-refractivity contribution in [3.05, 3.63) is 35.4 Å². The van der Waals surface area contributed by atoms with E-state index < -0.39 is 6.10 Å². The number of hydroxylamine groups is 2. The van der Waals surface area contributed by atoms with Crippen LogP contribution in [0.3, 0.4) is 0 Å². The van der Waals surface area contributed by atoms with Gasteiger partial charge in [0.1, 0.15) is 0 Å². The lowest BCUT2D eigenvalue weighted by Gasteiger charge is -2.18. The Balaban J connectivity index is 0.00000108. The normalized spacial score (nSPS) is 23.2. The van der Waals surface area contributed by atoms with Crippen molar-refractivity contribution in [2.45, 2.75) is 12.5 Å². The number of carbonyl (C=O) groups is 1. The molecular formula is C12H14ClNO3. The lowest BCUT2D eigenvalue weighted by molar-refractivity contribution is -0.182. The number of benzene rings is 1. The first kappa shape index (κ1) is 12.4. The fourth-order valence-electron chi connectivity index (χ4n) is 2.22. The minimum absolute atomic E-state index is 0. The van der Waals surface area contributed by atoms with Crippen molar-refractivity contribution >= 4 is 18.3 Å². The maximum absolute atomic E-state index is 12.1. The fraction of sp³-hybridized carbons (Fsp3) is 0.417. The molecule has 0 aromatic heterocycles. The molecule has 92 valence electrons. The molecule has 2 heterocycles. The zero-order valence-corrected chi connectivity index (χ0v) is 10.1. The summed E-state index contributed by atoms with van der Waals surface area (Å²) in [6.45, 7) is 1.52. The summed E-state index contributed by atoms with van der Waals surface area (Å²) in [5.41, 5.74) is 2.16. The van der Waals surface area contributed by atoms with Crippen molar-refractivity contribution in [3.63, 3.8) is 0 Å². The maximum Gasteiger partial charge on any atom is 0.279 e. The lowest BCUT2D eigenvalue weighted by Crippen LogP contribution is -2.33. The first-order valence-corrected chi connectivity index (χ1v) is 5.50. The van der Waals surface area contributed by atoms with Gasteiger partial charge in [-0.1, -0.05) is 24.3 Å². The van der Waals surface area contributed by atoms with Crippen LogP contribution < -0.4 is 0 Å². The van der Waals surface area contributed by atoms with E-state index in [0.29, 0.717) is 19.8 Å². The van der Waals surface area contributed by atoms with E-state index in [4.69, 9.17) is 9.57 Å². The molecule has 0 aliphatic carbocycles. The van der Waals surface area contributed by atoms with E-state index in [0.717, 1.165) is 12.0 Å². The van der Waals surface area contributed by atoms with Crippen LogP contribution in [0.5, 0.6) is 0 Å². The summed E-state index contributed by atoms with van der Waals surface area (Å²) in [6, 6.07) is 7.94. The Morgan fingerprint density at radius 1 is 1.24 bits per heavy atom. The zero-order valence-electron chi connectivity index (χ0n) is 9.30. The molecule has 17 heavy (non-hydrogen) atoms. The smallest absolute Gasteiger partial charge is 0.279 e. The Morgan fingerprint density at radius 3 is 2.94 bits per heavy atom. The molecule has 1 saturated heterocycles. The molecule has 1 fully saturated rings. The van der Waals surface area contributed by atoms with E-state index in [9.17, 15) is 4.79 Å². The summed E-state index contributed by atoms with van der Waals surface area (Å²) in [5, 5.41) is 1.44. The van der Waals surface area contributed by atoms with Gasteiger partial charge in [-0.25, -0.2) is 5.06 Å². The summed E-state index contributed by atoms with van der Waals surface area (Å²) >= 11 is 0. The number of rotatable bonds is 0. The number of amides is 1. The molecule has 0 spiro atoms. The van der Waals surface area contributed by atoms with Crippen molar-refractivity contribution in [3.8, 4) is 0 Å². The van der Waals surface area contributed by atoms with Crippen LogP contribution >= 0.6 is 12.4 Å². The number of carbonyl (C=O) groups excluding carboxylic acids is 1. The van der Waals surface area contributed by atoms with Gasteiger partial charge in [0.25, 0.3) is 5.91 Å². The minimum atomic E-state index is -0.485. The molecule has 1 aromatic rings. The van der Waals surface area contributed by atoms with Crippen LogP contribution in [-0.2, 0) is 20.8 Å². The van der Waals surface area contributed by atoms with Crippen LogP contribution in [0, 0.1) is 0 Å². The second-order valence-corrected chi connectivity index (χ2v) is 3.97. The standard InChI is InChI=1S/C12H13NO3.ClH/c14-12-11-10-4-2-1-3-9(10)5-6-13(12)16-8-7-15-11;/h1-4,11H,5-8H2;1H. The number of ether oxygens (including phenoxy) is 1. The highest BCUT2D eigenvalue weighted by molar-refractivity contribution is 5.85. The second-order valence-electron chi connectivity index (χ2n) is 3.97. The number of hydrogen-bond donors (Lipinski definition) is 0. The fourth-order valence-corrected chi connectivity index (χ4v) is 2.22. The van der Waals surface area contributed by atoms with Crippen LogP contribution in [0.4, 0.5) is 0 Å². The third-order valence-corrected chi connectivity index (χ3v) is 3.01. The molecule has 1 amide bonds. The van der Waals surface area contributed by atoms with Crippen molar-refractivity contribution < 1.29 is 14.4 Å². The van der Waals surface area contributed by atoms with Gasteiger partial charge in [-0.2, -0.15) is 0 Å². The highest BCUT2D eigenvalue weighted by Gasteiger charge is 2.34. The van der Waals surface area contributed by atoms with E-state index >= 15 is 0 Å². The van der Waals surface area contributed by atoms with Crippen LogP contribution in [0.25, 0.3) is 0 Å². The third kappa shape index (κ3) is 2.16. The van der Waals surface area contributed by atoms with E-state index in [1.807, 2.05) is 24.3 Å². The molecule has 4 nitrogen and oxygen atoms in total. The first-order chi connectivity index (χ1) is 7.86. The molecule has 0 N–H and O–H groups in total. The summed E-state index contributed by atoms with van der Waals surface area (Å²) in [5.74, 6) is -0.0811. The molecule has 0 saturated carbocycles. The van der Waals surface area contributed by atoms with Gasteiger partial charge in [0.2, 0.25) is 0 Å². The zero-order chi connectivity index (χ0) is 11.0. The molecule has 2 aliphatic rings. The van der Waals surface area contributed by atoms with Gasteiger partial charge in [-0.3, -0.25) is 9.63 Å². The Bertz CT molecular complexity index is 424. The van der Waals surface area contributed by atoms with Crippen LogP contribution in [-0.4, -0.2) is 30.7 Å². The van der Waals surface area contributed by atoms with E-state index in [-0.39, 0.29) is 18.3 Å². The van der Waals surface area contributed by atoms with Gasteiger partial charge in [0.15, 0.2) is 6.10 Å². The van der Waals surface area contributed by atoms with Crippen molar-refractivity contribution in [2.75, 3.05) is 19.8 Å². The quantitative estimate of drug-likeness (QED) is 0.705. The summed E-state index contributed by atoms with van der Waals surface area (Å²) in [6.07, 6.45) is 0.336. The van der Waals surface area contributed by atoms with Crippen molar-refractivity contribution in [2.24, 2.45) is 0 Å². The topological polar surface area (TPSA) is 38.8 Å². The molecule has 1 atom stereocenters. The predicted octanol–water partition coefficient (Wildman–Crippen LogP) is 1.50. The summed E-state index contributed by atoms with van der Waals surface area (Å²) in [4.78, 5) is 17.4. The SMILES string of the molecule is Cl.O=C1C2OCCON1CCc1ccccc12. The Kier molecular flexibility index (Phi) is 3.66. The summed E-state index contributed by atoms with van der Waals surface area (Å²) < 4.78 is 5.58. The van der Waals surface area contributed by atoms with Gasteiger partial charge < -0.3 is 4.74 Å². The van der Waals surface area contributed by atoms with E-state index in [1.54, 1.807) is 0 Å². The van der Waals surface area contributed by atoms with E-state index in [2.05, 4.69) is 0 Å². The summed E-state index contributed by atoms with van der Waals surface area (Å²) in [7, 11) is 0. The first-order valence-electron chi connectivity index (χ1n) is 5.50. The monoisotopic (exact) mass is 255 g/mol. The van der Waals surface area contributed by atoms with Gasteiger partial charge in [0.05, 0.1) is 19.8 Å². The average molecular weight is 256 g/mol. The number of nitrogens with zero attached hydrogens (tertiary/aromatic N) is 1. The number of halogens is 1. The molecular weight excluding hydrogens is 242 g/mol. The third-order valence-electron chi connectivity index (χ3n) is 3.01.